The number of nitrogens with one attached hydrogen (secondary N) is 3. The van der Waals surface area contributed by atoms with Crippen molar-refractivity contribution in [2.24, 2.45) is 5.92 Å². The number of para-hydroxylation sites is 1. The van der Waals surface area contributed by atoms with Gasteiger partial charge in [-0.1, -0.05) is 24.3 Å². The van der Waals surface area contributed by atoms with Gasteiger partial charge in [-0.25, -0.2) is 9.78 Å². The molecule has 0 atom stereocenters. The molecule has 0 spiro atoms. The number of rotatable bonds is 5. The van der Waals surface area contributed by atoms with E-state index in [9.17, 15) is 9.59 Å². The highest BCUT2D eigenvalue weighted by Crippen LogP contribution is 2.23. The minimum absolute atomic E-state index is 0.00955. The van der Waals surface area contributed by atoms with Crippen LogP contribution in [0.5, 0.6) is 0 Å². The van der Waals surface area contributed by atoms with E-state index >= 15 is 0 Å². The predicted octanol–water partition coefficient (Wildman–Crippen LogP) is 3.98. The van der Waals surface area contributed by atoms with E-state index in [0.717, 1.165) is 31.7 Å². The minimum Gasteiger partial charge on any atom is -0.355 e. The number of hydrogen-bond donors (Lipinski definition) is 3. The van der Waals surface area contributed by atoms with E-state index in [4.69, 9.17) is 0 Å². The third-order valence-electron chi connectivity index (χ3n) is 5.16. The first-order valence-electron chi connectivity index (χ1n) is 10.2. The molecule has 4 rings (SSSR count). The molecule has 1 aromatic heterocycles. The summed E-state index contributed by atoms with van der Waals surface area (Å²) >= 11 is 0. The van der Waals surface area contributed by atoms with E-state index in [-0.39, 0.29) is 17.9 Å². The van der Waals surface area contributed by atoms with Crippen LogP contribution in [-0.4, -0.2) is 35.0 Å². The Labute approximate surface area is 180 Å². The molecule has 3 N–H and O–H groups in total. The molecule has 3 amide bonds. The van der Waals surface area contributed by atoms with Gasteiger partial charge in [0.2, 0.25) is 5.91 Å². The highest BCUT2D eigenvalue weighted by Gasteiger charge is 2.25. The summed E-state index contributed by atoms with van der Waals surface area (Å²) in [6.07, 6.45) is 6.57. The molecule has 31 heavy (non-hydrogen) atoms. The normalized spacial score (nSPS) is 14.0. The molecule has 2 heterocycles. The van der Waals surface area contributed by atoms with E-state index in [1.165, 1.54) is 0 Å². The second-order valence-electron chi connectivity index (χ2n) is 7.34. The number of urea groups is 1. The lowest BCUT2D eigenvalue weighted by Crippen LogP contribution is -2.38. The maximum atomic E-state index is 12.7. The molecule has 1 fully saturated rings. The van der Waals surface area contributed by atoms with Crippen molar-refractivity contribution >= 4 is 34.8 Å². The summed E-state index contributed by atoms with van der Waals surface area (Å²) in [6.45, 7) is 1.52. The van der Waals surface area contributed by atoms with Crippen molar-refractivity contribution in [3.05, 3.63) is 73.2 Å². The van der Waals surface area contributed by atoms with Crippen LogP contribution in [0.3, 0.4) is 0 Å². The van der Waals surface area contributed by atoms with Crippen molar-refractivity contribution in [3.8, 4) is 0 Å². The summed E-state index contributed by atoms with van der Waals surface area (Å²) in [6, 6.07) is 16.0. The van der Waals surface area contributed by atoms with Gasteiger partial charge in [-0.3, -0.25) is 9.78 Å². The molecule has 0 radical (unpaired) electrons. The highest BCUT2D eigenvalue weighted by molar-refractivity contribution is 6.00. The van der Waals surface area contributed by atoms with E-state index in [2.05, 4.69) is 30.8 Å². The molecular formula is C23H24N6O2. The molecule has 3 aromatic rings. The minimum atomic E-state index is -0.342. The number of amides is 3. The Kier molecular flexibility index (Phi) is 6.37. The van der Waals surface area contributed by atoms with Crippen LogP contribution in [0, 0.1) is 5.92 Å². The molecule has 0 unspecified atom stereocenters. The molecular weight excluding hydrogens is 392 g/mol. The topological polar surface area (TPSA) is 99.2 Å². The van der Waals surface area contributed by atoms with Gasteiger partial charge >= 0.3 is 6.03 Å². The fourth-order valence-electron chi connectivity index (χ4n) is 3.56. The van der Waals surface area contributed by atoms with Crippen molar-refractivity contribution in [2.45, 2.75) is 12.8 Å². The first-order valence-corrected chi connectivity index (χ1v) is 10.2. The fraction of sp³-hybridized carbons (Fsp3) is 0.217. The third-order valence-corrected chi connectivity index (χ3v) is 5.16. The first kappa shape index (κ1) is 20.3. The number of carbonyl (C=O) groups excluding carboxylic acids is 2. The number of carbonyl (C=O) groups is 2. The van der Waals surface area contributed by atoms with Gasteiger partial charge < -0.3 is 20.9 Å². The molecule has 0 saturated carbocycles. The summed E-state index contributed by atoms with van der Waals surface area (Å²) in [5, 5.41) is 8.53. The van der Waals surface area contributed by atoms with Gasteiger partial charge in [0.05, 0.1) is 6.20 Å². The maximum absolute atomic E-state index is 12.7. The zero-order chi connectivity index (χ0) is 21.5. The molecule has 8 nitrogen and oxygen atoms in total. The summed E-state index contributed by atoms with van der Waals surface area (Å²) in [5.41, 5.74) is 1.96. The average Bonchev–Trinajstić information content (AvgIpc) is 2.80. The molecule has 8 heteroatoms. The summed E-state index contributed by atoms with van der Waals surface area (Å²) in [4.78, 5) is 35.5. The van der Waals surface area contributed by atoms with Crippen LogP contribution in [0.1, 0.15) is 12.8 Å². The second kappa shape index (κ2) is 9.71. The van der Waals surface area contributed by atoms with Crippen LogP contribution in [0.15, 0.2) is 73.2 Å². The number of hydrogen-bond acceptors (Lipinski definition) is 5. The van der Waals surface area contributed by atoms with Crippen molar-refractivity contribution in [3.63, 3.8) is 0 Å². The quantitative estimate of drug-likeness (QED) is 0.584. The van der Waals surface area contributed by atoms with Gasteiger partial charge in [-0.15, -0.1) is 0 Å². The van der Waals surface area contributed by atoms with E-state index in [1.54, 1.807) is 36.8 Å². The standard InChI is InChI=1S/C23H24N6O2/c30-22(17-9-13-29(14-10-17)21-16-24-11-12-25-21)26-19-7-4-8-20(15-19)28-23(31)27-18-5-2-1-3-6-18/h1-8,11-12,15-17H,9-10,13-14H2,(H,26,30)(H2,27,28,31). The van der Waals surface area contributed by atoms with Crippen molar-refractivity contribution in [2.75, 3.05) is 33.9 Å². The molecule has 0 aliphatic carbocycles. The Morgan fingerprint density at radius 3 is 2.23 bits per heavy atom. The van der Waals surface area contributed by atoms with Crippen LogP contribution in [0.25, 0.3) is 0 Å². The lowest BCUT2D eigenvalue weighted by Gasteiger charge is -2.31. The zero-order valence-electron chi connectivity index (χ0n) is 17.0. The summed E-state index contributed by atoms with van der Waals surface area (Å²) in [5.74, 6) is 0.768. The van der Waals surface area contributed by atoms with Crippen LogP contribution in [-0.2, 0) is 4.79 Å². The van der Waals surface area contributed by atoms with Crippen molar-refractivity contribution in [1.82, 2.24) is 9.97 Å². The first-order chi connectivity index (χ1) is 15.2. The maximum Gasteiger partial charge on any atom is 0.323 e. The molecule has 1 saturated heterocycles. The summed E-state index contributed by atoms with van der Waals surface area (Å²) < 4.78 is 0. The predicted molar refractivity (Wildman–Crippen MR) is 121 cm³/mol. The van der Waals surface area contributed by atoms with Gasteiger partial charge in [-0.05, 0) is 43.2 Å². The van der Waals surface area contributed by atoms with Crippen LogP contribution < -0.4 is 20.9 Å². The van der Waals surface area contributed by atoms with E-state index in [0.29, 0.717) is 17.1 Å². The lowest BCUT2D eigenvalue weighted by atomic mass is 9.96. The zero-order valence-corrected chi connectivity index (χ0v) is 17.0. The Balaban J connectivity index is 1.29. The van der Waals surface area contributed by atoms with Crippen molar-refractivity contribution in [1.29, 1.82) is 0 Å². The number of nitrogens with zero attached hydrogens (tertiary/aromatic N) is 3. The summed E-state index contributed by atoms with van der Waals surface area (Å²) in [7, 11) is 0. The highest BCUT2D eigenvalue weighted by atomic mass is 16.2. The molecule has 0 bridgehead atoms. The van der Waals surface area contributed by atoms with Crippen LogP contribution >= 0.6 is 0 Å². The molecule has 1 aliphatic rings. The van der Waals surface area contributed by atoms with Gasteiger partial charge in [0.25, 0.3) is 0 Å². The second-order valence-corrected chi connectivity index (χ2v) is 7.34. The van der Waals surface area contributed by atoms with E-state index in [1.807, 2.05) is 36.4 Å². The van der Waals surface area contributed by atoms with Crippen LogP contribution in [0.4, 0.5) is 27.7 Å². The number of aromatic nitrogens is 2. The van der Waals surface area contributed by atoms with Gasteiger partial charge in [0.1, 0.15) is 5.82 Å². The number of anilines is 4. The number of piperidine rings is 1. The third kappa shape index (κ3) is 5.57. The van der Waals surface area contributed by atoms with Gasteiger partial charge in [0.15, 0.2) is 0 Å². The fourth-order valence-corrected chi connectivity index (χ4v) is 3.56. The Bertz CT molecular complexity index is 1020. The Morgan fingerprint density at radius 2 is 1.52 bits per heavy atom. The lowest BCUT2D eigenvalue weighted by molar-refractivity contribution is -0.120. The van der Waals surface area contributed by atoms with Crippen LogP contribution in [0.2, 0.25) is 0 Å². The van der Waals surface area contributed by atoms with Crippen molar-refractivity contribution < 1.29 is 9.59 Å². The average molecular weight is 416 g/mol. The van der Waals surface area contributed by atoms with E-state index < -0.39 is 0 Å². The largest absolute Gasteiger partial charge is 0.355 e. The Morgan fingerprint density at radius 1 is 0.839 bits per heavy atom. The molecule has 2 aromatic carbocycles. The number of benzene rings is 2. The Hall–Kier alpha value is -3.94. The van der Waals surface area contributed by atoms with Gasteiger partial charge in [-0.2, -0.15) is 0 Å². The monoisotopic (exact) mass is 416 g/mol. The molecule has 158 valence electrons. The smallest absolute Gasteiger partial charge is 0.323 e. The SMILES string of the molecule is O=C(Nc1ccccc1)Nc1cccc(NC(=O)C2CCN(c3cnccn3)CC2)c1. The van der Waals surface area contributed by atoms with Gasteiger partial charge in [0, 0.05) is 48.5 Å². The molecule has 1 aliphatic heterocycles.